The average molecular weight is 776 g/mol. The number of para-hydroxylation sites is 1. The monoisotopic (exact) mass is 775 g/mol. The highest BCUT2D eigenvalue weighted by molar-refractivity contribution is 8.00. The standard InChI is InChI=1S/C43H41N3O9S/c1-17-13-22-25(30(48)31(17)50-6)28-29-38-43(55-39(49)42(15-56-38)37-21(11-12-44-42)20-9-7-8-10-24(20)54-37)14-23(45(29)41(5)35-36(41)46(28)40(22,35)4)26-27(43)32(53-19(3)47)18(2)33-34(26)52-16-51-33/h7-10,13,23,28-29,35-36,38,44,48H,11-12,14-16H2,1-6H3/t23-,28+,29+,35?,36?,38-,40?,41+,42+,43?/m0/s1. The van der Waals surface area contributed by atoms with Gasteiger partial charge in [0, 0.05) is 88.4 Å². The van der Waals surface area contributed by atoms with Crippen LogP contribution < -0.4 is 24.3 Å². The number of carbonyl (C=O) groups excluding carboxylic acids is 2. The van der Waals surface area contributed by atoms with Crippen molar-refractivity contribution in [1.29, 1.82) is 0 Å². The third-order valence-electron chi connectivity index (χ3n) is 15.5. The van der Waals surface area contributed by atoms with Crippen molar-refractivity contribution in [3.63, 3.8) is 0 Å². The zero-order valence-electron chi connectivity index (χ0n) is 31.9. The summed E-state index contributed by atoms with van der Waals surface area (Å²) in [5.41, 5.74) is 3.84. The van der Waals surface area contributed by atoms with Gasteiger partial charge in [-0.25, -0.2) is 4.79 Å². The van der Waals surface area contributed by atoms with Crippen molar-refractivity contribution in [3.05, 3.63) is 75.0 Å². The van der Waals surface area contributed by atoms with E-state index in [1.165, 1.54) is 6.92 Å². The first-order chi connectivity index (χ1) is 26.9. The summed E-state index contributed by atoms with van der Waals surface area (Å²) in [6, 6.07) is 9.69. The van der Waals surface area contributed by atoms with Crippen molar-refractivity contribution >= 4 is 34.7 Å². The molecular formula is C43H41N3O9S. The molecule has 4 aromatic rings. The molecule has 8 heterocycles. The SMILES string of the molecule is COc1c(C)cc2c(c1O)[C@@H]1[C@@H]3[C@@H]4SC[C@]5(NCCc6c5oc5ccccc65)C(=O)OC45C[C@@H](c4c6c(c(C)c(OC(C)=O)c45)OCO6)N3[C@@]3(C)C4C3C2(C)N41. The van der Waals surface area contributed by atoms with Crippen molar-refractivity contribution in [2.45, 2.75) is 99.1 Å². The molecule has 3 saturated heterocycles. The normalized spacial score (nSPS) is 38.4. The number of hydrogen-bond donors (Lipinski definition) is 2. The summed E-state index contributed by atoms with van der Waals surface area (Å²) >= 11 is 1.72. The molecule has 2 bridgehead atoms. The van der Waals surface area contributed by atoms with Crippen LogP contribution in [0.15, 0.2) is 34.7 Å². The molecule has 9 aliphatic rings. The number of benzene rings is 3. The maximum Gasteiger partial charge on any atom is 0.336 e. The van der Waals surface area contributed by atoms with Gasteiger partial charge in [0.15, 0.2) is 34.1 Å². The van der Waals surface area contributed by atoms with E-state index in [0.29, 0.717) is 64.5 Å². The third kappa shape index (κ3) is 3.19. The van der Waals surface area contributed by atoms with Crippen molar-refractivity contribution < 1.29 is 42.8 Å². The van der Waals surface area contributed by atoms with Crippen LogP contribution >= 0.6 is 11.8 Å². The molecule has 3 aromatic carbocycles. The van der Waals surface area contributed by atoms with E-state index in [0.717, 1.165) is 45.2 Å². The van der Waals surface area contributed by atoms with Gasteiger partial charge in [-0.05, 0) is 57.4 Å². The largest absolute Gasteiger partial charge is 0.504 e. The molecule has 56 heavy (non-hydrogen) atoms. The summed E-state index contributed by atoms with van der Waals surface area (Å²) in [5.74, 6) is 2.58. The smallest absolute Gasteiger partial charge is 0.336 e. The number of methoxy groups -OCH3 is 1. The second-order valence-corrected chi connectivity index (χ2v) is 18.8. The fraction of sp³-hybridized carbons (Fsp3) is 0.488. The maximum absolute atomic E-state index is 15.5. The van der Waals surface area contributed by atoms with Gasteiger partial charge >= 0.3 is 11.9 Å². The lowest BCUT2D eigenvalue weighted by Gasteiger charge is -2.59. The number of hydrogen-bond acceptors (Lipinski definition) is 13. The number of furan rings is 1. The van der Waals surface area contributed by atoms with Gasteiger partial charge in [-0.15, -0.1) is 11.8 Å². The molecule has 4 fully saturated rings. The van der Waals surface area contributed by atoms with Gasteiger partial charge < -0.3 is 33.2 Å². The number of piperidine rings is 1. The molecule has 1 aromatic heterocycles. The lowest BCUT2D eigenvalue weighted by molar-refractivity contribution is -0.184. The van der Waals surface area contributed by atoms with Crippen LogP contribution in [0.2, 0.25) is 0 Å². The highest BCUT2D eigenvalue weighted by Gasteiger charge is 2.92. The molecule has 4 unspecified atom stereocenters. The van der Waals surface area contributed by atoms with Gasteiger partial charge in [0.2, 0.25) is 6.79 Å². The summed E-state index contributed by atoms with van der Waals surface area (Å²) in [4.78, 5) is 33.9. The number of aryl methyl sites for hydroxylation is 1. The van der Waals surface area contributed by atoms with Crippen LogP contribution in [0, 0.1) is 19.8 Å². The van der Waals surface area contributed by atoms with Gasteiger partial charge in [-0.1, -0.05) is 18.2 Å². The van der Waals surface area contributed by atoms with Crippen molar-refractivity contribution in [2.75, 3.05) is 26.2 Å². The number of thioether (sulfide) groups is 1. The summed E-state index contributed by atoms with van der Waals surface area (Å²) in [5, 5.41) is 16.5. The highest BCUT2D eigenvalue weighted by atomic mass is 32.2. The first-order valence-electron chi connectivity index (χ1n) is 19.7. The first kappa shape index (κ1) is 32.6. The number of aromatic hydroxyl groups is 1. The second kappa shape index (κ2) is 9.81. The summed E-state index contributed by atoms with van der Waals surface area (Å²) in [7, 11) is 1.61. The molecule has 1 saturated carbocycles. The average Bonchev–Trinajstić information content (AvgIpc) is 3.56. The van der Waals surface area contributed by atoms with Crippen molar-refractivity contribution in [1.82, 2.24) is 15.1 Å². The number of esters is 2. The number of fused-ring (bicyclic) bond motifs is 15. The molecule has 2 spiro atoms. The zero-order valence-corrected chi connectivity index (χ0v) is 32.7. The quantitative estimate of drug-likeness (QED) is 0.197. The molecule has 7 aliphatic heterocycles. The molecule has 2 N–H and O–H groups in total. The Balaban J connectivity index is 1.10. The molecule has 12 nitrogen and oxygen atoms in total. The van der Waals surface area contributed by atoms with Crippen LogP contribution in [0.25, 0.3) is 11.0 Å². The van der Waals surface area contributed by atoms with E-state index in [1.54, 1.807) is 18.9 Å². The third-order valence-corrected chi connectivity index (χ3v) is 17.2. The predicted octanol–water partition coefficient (Wildman–Crippen LogP) is 5.50. The Labute approximate surface area is 326 Å². The topological polar surface area (TPSA) is 132 Å². The Bertz CT molecular complexity index is 2590. The van der Waals surface area contributed by atoms with E-state index < -0.39 is 23.1 Å². The molecule has 10 atom stereocenters. The van der Waals surface area contributed by atoms with Crippen molar-refractivity contribution in [2.24, 2.45) is 5.92 Å². The Morgan fingerprint density at radius 3 is 2.70 bits per heavy atom. The fourth-order valence-electron chi connectivity index (χ4n) is 13.7. The Kier molecular flexibility index (Phi) is 5.71. The summed E-state index contributed by atoms with van der Waals surface area (Å²) < 4.78 is 38.5. The molecule has 0 radical (unpaired) electrons. The minimum Gasteiger partial charge on any atom is -0.504 e. The Morgan fingerprint density at radius 1 is 1.09 bits per heavy atom. The Morgan fingerprint density at radius 2 is 1.89 bits per heavy atom. The molecule has 288 valence electrons. The lowest BCUT2D eigenvalue weighted by atomic mass is 9.76. The number of nitrogens with one attached hydrogen (secondary N) is 1. The zero-order chi connectivity index (χ0) is 38.2. The number of ether oxygens (including phenoxy) is 5. The van der Waals surface area contributed by atoms with Gasteiger partial charge in [0.1, 0.15) is 17.1 Å². The lowest BCUT2D eigenvalue weighted by Crippen LogP contribution is -2.68. The van der Waals surface area contributed by atoms with Gasteiger partial charge in [0.05, 0.1) is 23.9 Å². The summed E-state index contributed by atoms with van der Waals surface area (Å²) in [6.45, 7) is 10.6. The van der Waals surface area contributed by atoms with Crippen molar-refractivity contribution in [3.8, 4) is 28.7 Å². The van der Waals surface area contributed by atoms with Crippen LogP contribution in [-0.4, -0.2) is 75.9 Å². The van der Waals surface area contributed by atoms with Crippen LogP contribution in [-0.2, 0) is 37.4 Å². The minimum absolute atomic E-state index is 0.0342. The predicted molar refractivity (Wildman–Crippen MR) is 202 cm³/mol. The van der Waals surface area contributed by atoms with Crippen LogP contribution in [0.1, 0.15) is 84.0 Å². The van der Waals surface area contributed by atoms with E-state index >= 15 is 4.79 Å². The molecule has 13 heteroatoms. The van der Waals surface area contributed by atoms with Crippen LogP contribution in [0.3, 0.4) is 0 Å². The number of phenols is 1. The van der Waals surface area contributed by atoms with Crippen LogP contribution in [0.4, 0.5) is 0 Å². The Hall–Kier alpha value is -4.43. The van der Waals surface area contributed by atoms with Gasteiger partial charge in [-0.2, -0.15) is 0 Å². The van der Waals surface area contributed by atoms with E-state index in [4.69, 9.17) is 28.1 Å². The number of phenolic OH excluding ortho intramolecular Hbond substituents is 1. The molecule has 0 amide bonds. The molecule has 2 aliphatic carbocycles. The van der Waals surface area contributed by atoms with Gasteiger partial charge in [-0.3, -0.25) is 19.9 Å². The van der Waals surface area contributed by atoms with E-state index in [-0.39, 0.29) is 53.0 Å². The number of rotatable bonds is 2. The number of nitrogens with zero attached hydrogens (tertiary/aromatic N) is 2. The molecule has 13 rings (SSSR count). The first-order valence-corrected chi connectivity index (χ1v) is 20.7. The second-order valence-electron chi connectivity index (χ2n) is 17.7. The number of carbonyl (C=O) groups is 2. The number of piperazine rings is 1. The highest BCUT2D eigenvalue weighted by Crippen LogP contribution is 2.85. The van der Waals surface area contributed by atoms with Gasteiger partial charge in [0.25, 0.3) is 0 Å². The molecular weight excluding hydrogens is 735 g/mol. The minimum atomic E-state index is -1.27. The van der Waals surface area contributed by atoms with E-state index in [2.05, 4.69) is 41.1 Å². The summed E-state index contributed by atoms with van der Waals surface area (Å²) in [6.07, 6.45) is 1.17. The maximum atomic E-state index is 15.5. The van der Waals surface area contributed by atoms with Crippen LogP contribution in [0.5, 0.6) is 28.7 Å². The van der Waals surface area contributed by atoms with E-state index in [1.807, 2.05) is 32.0 Å². The van der Waals surface area contributed by atoms with E-state index in [9.17, 15) is 9.90 Å². The fourth-order valence-corrected chi connectivity index (χ4v) is 15.5.